The number of nitrogens with one attached hydrogen (secondary N) is 1. The second-order valence-electron chi connectivity index (χ2n) is 6.11. The number of thioether (sulfide) groups is 1. The van der Waals surface area contributed by atoms with Crippen LogP contribution in [0.15, 0.2) is 68.9 Å². The van der Waals surface area contributed by atoms with Gasteiger partial charge in [-0.3, -0.25) is 4.79 Å². The molecule has 3 aromatic rings. The first kappa shape index (κ1) is 18.4. The number of carbonyl (C=O) groups is 1. The summed E-state index contributed by atoms with van der Waals surface area (Å²) in [6.45, 7) is 1.84. The van der Waals surface area contributed by atoms with Crippen LogP contribution in [0.25, 0.3) is 17.4 Å². The van der Waals surface area contributed by atoms with E-state index in [0.29, 0.717) is 32.3 Å². The Kier molecular flexibility index (Phi) is 4.98. The summed E-state index contributed by atoms with van der Waals surface area (Å²) in [4.78, 5) is 17.1. The maximum absolute atomic E-state index is 12.3. The normalized spacial score (nSPS) is 16.7. The molecular formula is C21H15ClN2O3S. The Bertz CT molecular complexity index is 1110. The van der Waals surface area contributed by atoms with Gasteiger partial charge < -0.3 is 14.8 Å². The van der Waals surface area contributed by atoms with Crippen LogP contribution in [0.1, 0.15) is 11.3 Å². The lowest BCUT2D eigenvalue weighted by molar-refractivity contribution is -0.115. The molecule has 2 heterocycles. The lowest BCUT2D eigenvalue weighted by atomic mass is 10.2. The van der Waals surface area contributed by atoms with Crippen molar-refractivity contribution in [1.29, 1.82) is 0 Å². The zero-order valence-electron chi connectivity index (χ0n) is 14.8. The first-order valence-electron chi connectivity index (χ1n) is 8.44. The second-order valence-corrected chi connectivity index (χ2v) is 7.54. The summed E-state index contributed by atoms with van der Waals surface area (Å²) < 4.78 is 5.82. The minimum Gasteiger partial charge on any atom is -0.506 e. The predicted octanol–water partition coefficient (Wildman–Crippen LogP) is 5.51. The van der Waals surface area contributed by atoms with Crippen LogP contribution in [-0.2, 0) is 4.79 Å². The highest BCUT2D eigenvalue weighted by molar-refractivity contribution is 8.18. The van der Waals surface area contributed by atoms with Gasteiger partial charge in [0.2, 0.25) is 0 Å². The van der Waals surface area contributed by atoms with Crippen molar-refractivity contribution >= 4 is 46.2 Å². The van der Waals surface area contributed by atoms with E-state index in [1.807, 2.05) is 37.3 Å². The van der Waals surface area contributed by atoms with Gasteiger partial charge in [0.1, 0.15) is 23.0 Å². The van der Waals surface area contributed by atoms with Crippen molar-refractivity contribution in [2.24, 2.45) is 4.99 Å². The highest BCUT2D eigenvalue weighted by Gasteiger charge is 2.25. The molecular weight excluding hydrogens is 396 g/mol. The van der Waals surface area contributed by atoms with E-state index in [9.17, 15) is 9.90 Å². The van der Waals surface area contributed by atoms with Crippen molar-refractivity contribution in [3.8, 4) is 17.1 Å². The fraction of sp³-hybridized carbons (Fsp3) is 0.0476. The van der Waals surface area contributed by atoms with E-state index in [-0.39, 0.29) is 11.7 Å². The molecule has 0 bridgehead atoms. The zero-order valence-corrected chi connectivity index (χ0v) is 16.3. The number of benzene rings is 2. The van der Waals surface area contributed by atoms with E-state index in [1.165, 1.54) is 11.8 Å². The number of aryl methyl sites for hydroxylation is 1. The van der Waals surface area contributed by atoms with Crippen molar-refractivity contribution in [1.82, 2.24) is 5.32 Å². The molecule has 0 aliphatic carbocycles. The Morgan fingerprint density at radius 3 is 2.75 bits per heavy atom. The van der Waals surface area contributed by atoms with E-state index >= 15 is 0 Å². The van der Waals surface area contributed by atoms with Crippen LogP contribution in [0.2, 0.25) is 5.02 Å². The molecule has 0 spiro atoms. The van der Waals surface area contributed by atoms with Gasteiger partial charge in [-0.1, -0.05) is 35.9 Å². The number of halogens is 1. The summed E-state index contributed by atoms with van der Waals surface area (Å²) in [5.41, 5.74) is 2.04. The van der Waals surface area contributed by atoms with Gasteiger partial charge in [0, 0.05) is 11.6 Å². The average molecular weight is 411 g/mol. The summed E-state index contributed by atoms with van der Waals surface area (Å²) in [5.74, 6) is 0.954. The third-order valence-electron chi connectivity index (χ3n) is 4.12. The summed E-state index contributed by atoms with van der Waals surface area (Å²) in [7, 11) is 0. The van der Waals surface area contributed by atoms with Gasteiger partial charge in [0.15, 0.2) is 5.17 Å². The maximum Gasteiger partial charge on any atom is 0.264 e. The third kappa shape index (κ3) is 3.69. The summed E-state index contributed by atoms with van der Waals surface area (Å²) in [6.07, 6.45) is 1.65. The highest BCUT2D eigenvalue weighted by Crippen LogP contribution is 2.35. The molecule has 0 radical (unpaired) electrons. The van der Waals surface area contributed by atoms with Crippen molar-refractivity contribution in [3.63, 3.8) is 0 Å². The van der Waals surface area contributed by atoms with E-state index in [2.05, 4.69) is 10.3 Å². The Morgan fingerprint density at radius 2 is 1.96 bits per heavy atom. The number of phenols is 1. The molecule has 1 aliphatic heterocycles. The molecule has 1 fully saturated rings. The van der Waals surface area contributed by atoms with E-state index < -0.39 is 0 Å². The molecule has 1 saturated heterocycles. The van der Waals surface area contributed by atoms with E-state index in [0.717, 1.165) is 11.1 Å². The molecule has 0 atom stereocenters. The minimum absolute atomic E-state index is 0.0650. The van der Waals surface area contributed by atoms with Crippen LogP contribution in [-0.4, -0.2) is 16.2 Å². The number of amidine groups is 1. The Balaban J connectivity index is 1.59. The standard InChI is InChI=1S/C21H15ClN2O3S/c1-12-5-4-8-16(25)19(12)23-21-24-20(26)18(28-21)11-13-9-10-17(27-13)14-6-2-3-7-15(14)22/h2-11,25H,1H3,(H,23,24,26)/b18-11+. The smallest absolute Gasteiger partial charge is 0.264 e. The fourth-order valence-corrected chi connectivity index (χ4v) is 3.77. The van der Waals surface area contributed by atoms with Gasteiger partial charge in [0.25, 0.3) is 5.91 Å². The number of amides is 1. The van der Waals surface area contributed by atoms with E-state index in [4.69, 9.17) is 16.0 Å². The predicted molar refractivity (Wildman–Crippen MR) is 113 cm³/mol. The molecule has 7 heteroatoms. The Labute approximate surface area is 170 Å². The van der Waals surface area contributed by atoms with Crippen molar-refractivity contribution < 1.29 is 14.3 Å². The maximum atomic E-state index is 12.3. The highest BCUT2D eigenvalue weighted by atomic mass is 35.5. The Hall–Kier alpha value is -2.96. The topological polar surface area (TPSA) is 74.8 Å². The van der Waals surface area contributed by atoms with Gasteiger partial charge in [-0.15, -0.1) is 0 Å². The monoisotopic (exact) mass is 410 g/mol. The van der Waals surface area contributed by atoms with Crippen LogP contribution in [0.3, 0.4) is 0 Å². The lowest BCUT2D eigenvalue weighted by Gasteiger charge is -2.03. The molecule has 5 nitrogen and oxygen atoms in total. The van der Waals surface area contributed by atoms with E-state index in [1.54, 1.807) is 30.3 Å². The number of para-hydroxylation sites is 1. The number of aromatic hydroxyl groups is 1. The van der Waals surface area contributed by atoms with Gasteiger partial charge in [-0.25, -0.2) is 4.99 Å². The summed E-state index contributed by atoms with van der Waals surface area (Å²) in [5, 5.41) is 13.7. The molecule has 4 rings (SSSR count). The number of carbonyl (C=O) groups excluding carboxylic acids is 1. The molecule has 1 aliphatic rings. The van der Waals surface area contributed by atoms with Gasteiger partial charge in [-0.2, -0.15) is 0 Å². The third-order valence-corrected chi connectivity index (χ3v) is 5.36. The quantitative estimate of drug-likeness (QED) is 0.558. The van der Waals surface area contributed by atoms with Crippen LogP contribution in [0.4, 0.5) is 5.69 Å². The number of nitrogens with zero attached hydrogens (tertiary/aromatic N) is 1. The second kappa shape index (κ2) is 7.58. The largest absolute Gasteiger partial charge is 0.506 e. The van der Waals surface area contributed by atoms with Gasteiger partial charge in [0.05, 0.1) is 9.93 Å². The van der Waals surface area contributed by atoms with Crippen molar-refractivity contribution in [2.75, 3.05) is 0 Å². The van der Waals surface area contributed by atoms with Crippen molar-refractivity contribution in [2.45, 2.75) is 6.92 Å². The number of aliphatic imine (C=N–C) groups is 1. The van der Waals surface area contributed by atoms with Crippen LogP contribution in [0, 0.1) is 6.92 Å². The number of rotatable bonds is 3. The van der Waals surface area contributed by atoms with Gasteiger partial charge >= 0.3 is 0 Å². The molecule has 28 heavy (non-hydrogen) atoms. The summed E-state index contributed by atoms with van der Waals surface area (Å²) in [6, 6.07) is 16.1. The molecule has 0 unspecified atom stereocenters. The first-order valence-corrected chi connectivity index (χ1v) is 9.63. The van der Waals surface area contributed by atoms with Crippen LogP contribution >= 0.6 is 23.4 Å². The number of furan rings is 1. The fourth-order valence-electron chi connectivity index (χ4n) is 2.74. The number of hydrogen-bond donors (Lipinski definition) is 2. The number of phenolic OH excluding ortho intramolecular Hbond substituents is 1. The van der Waals surface area contributed by atoms with Gasteiger partial charge in [-0.05, 0) is 54.6 Å². The van der Waals surface area contributed by atoms with Crippen LogP contribution in [0.5, 0.6) is 5.75 Å². The average Bonchev–Trinajstić information content (AvgIpc) is 3.26. The molecule has 1 amide bonds. The molecule has 140 valence electrons. The SMILES string of the molecule is Cc1cccc(O)c1N=C1NC(=O)/C(=C\c2ccc(-c3ccccc3Cl)o2)S1. The minimum atomic E-state index is -0.271. The first-order chi connectivity index (χ1) is 13.5. The Morgan fingerprint density at radius 1 is 1.14 bits per heavy atom. The molecule has 2 N–H and O–H groups in total. The van der Waals surface area contributed by atoms with Crippen molar-refractivity contribution in [3.05, 3.63) is 75.8 Å². The lowest BCUT2D eigenvalue weighted by Crippen LogP contribution is -2.19. The summed E-state index contributed by atoms with van der Waals surface area (Å²) >= 11 is 7.39. The zero-order chi connectivity index (χ0) is 19.7. The molecule has 0 saturated carbocycles. The molecule has 1 aromatic heterocycles. The van der Waals surface area contributed by atoms with Crippen LogP contribution < -0.4 is 5.32 Å². The molecule has 2 aromatic carbocycles. The number of hydrogen-bond acceptors (Lipinski definition) is 5.